The number of hydrogen-bond acceptors (Lipinski definition) is 4. The van der Waals surface area contributed by atoms with E-state index in [1.165, 1.54) is 10.1 Å². The third kappa shape index (κ3) is 2.02. The second kappa shape index (κ2) is 4.88. The molecule has 5 heteroatoms. The molecule has 0 aliphatic rings. The van der Waals surface area contributed by atoms with Crippen LogP contribution < -0.4 is 5.32 Å². The Balaban J connectivity index is 2.00. The highest BCUT2D eigenvalue weighted by Crippen LogP contribution is 2.23. The van der Waals surface area contributed by atoms with E-state index in [0.717, 1.165) is 24.5 Å². The fourth-order valence-electron chi connectivity index (χ4n) is 1.93. The summed E-state index contributed by atoms with van der Waals surface area (Å²) in [5.41, 5.74) is 2.14. The van der Waals surface area contributed by atoms with Gasteiger partial charge in [-0.3, -0.25) is 0 Å². The van der Waals surface area contributed by atoms with Gasteiger partial charge in [0.25, 0.3) is 0 Å². The lowest BCUT2D eigenvalue weighted by atomic mass is 10.2. The molecular formula is C13H14N4S. The molecule has 4 nitrogen and oxygen atoms in total. The molecule has 18 heavy (non-hydrogen) atoms. The van der Waals surface area contributed by atoms with Gasteiger partial charge in [0.1, 0.15) is 0 Å². The summed E-state index contributed by atoms with van der Waals surface area (Å²) in [6, 6.07) is 8.50. The van der Waals surface area contributed by atoms with E-state index in [4.69, 9.17) is 0 Å². The van der Waals surface area contributed by atoms with Crippen molar-refractivity contribution in [1.29, 1.82) is 0 Å². The second-order valence-electron chi connectivity index (χ2n) is 4.06. The maximum Gasteiger partial charge on any atom is 0.0783 e. The Labute approximate surface area is 109 Å². The molecule has 2 heterocycles. The summed E-state index contributed by atoms with van der Waals surface area (Å²) in [6.45, 7) is 3.81. The van der Waals surface area contributed by atoms with Crippen molar-refractivity contribution in [3.63, 3.8) is 0 Å². The Morgan fingerprint density at radius 2 is 2.28 bits per heavy atom. The molecular weight excluding hydrogens is 244 g/mol. The van der Waals surface area contributed by atoms with Crippen LogP contribution >= 0.6 is 11.3 Å². The third-order valence-corrected chi connectivity index (χ3v) is 3.75. The van der Waals surface area contributed by atoms with Crippen LogP contribution in [0, 0.1) is 0 Å². The minimum absolute atomic E-state index is 0.783. The van der Waals surface area contributed by atoms with Crippen LogP contribution in [0.3, 0.4) is 0 Å². The van der Waals surface area contributed by atoms with Crippen LogP contribution in [-0.4, -0.2) is 21.5 Å². The normalized spacial score (nSPS) is 11.2. The van der Waals surface area contributed by atoms with Gasteiger partial charge in [-0.05, 0) is 41.6 Å². The van der Waals surface area contributed by atoms with Gasteiger partial charge in [-0.15, -0.1) is 16.4 Å². The highest BCUT2D eigenvalue weighted by molar-refractivity contribution is 7.17. The summed E-state index contributed by atoms with van der Waals surface area (Å²) in [7, 11) is 0. The first-order valence-electron chi connectivity index (χ1n) is 5.96. The van der Waals surface area contributed by atoms with Gasteiger partial charge in [-0.1, -0.05) is 12.1 Å². The maximum atomic E-state index is 4.16. The van der Waals surface area contributed by atoms with Crippen molar-refractivity contribution in [2.75, 3.05) is 6.54 Å². The van der Waals surface area contributed by atoms with Crippen molar-refractivity contribution in [2.45, 2.75) is 13.5 Å². The molecule has 0 radical (unpaired) electrons. The van der Waals surface area contributed by atoms with Gasteiger partial charge >= 0.3 is 0 Å². The molecule has 3 aromatic rings. The highest BCUT2D eigenvalue weighted by Gasteiger charge is 2.06. The molecule has 0 bridgehead atoms. The number of fused-ring (bicyclic) bond motifs is 1. The zero-order valence-corrected chi connectivity index (χ0v) is 10.9. The smallest absolute Gasteiger partial charge is 0.0783 e. The molecule has 0 saturated carbocycles. The van der Waals surface area contributed by atoms with Gasteiger partial charge in [0.05, 0.1) is 17.6 Å². The minimum Gasteiger partial charge on any atom is -0.311 e. The number of nitrogens with zero attached hydrogens (tertiary/aromatic N) is 3. The molecule has 0 spiro atoms. The quantitative estimate of drug-likeness (QED) is 0.782. The molecule has 0 amide bonds. The fraction of sp³-hybridized carbons (Fsp3) is 0.231. The molecule has 2 aromatic heterocycles. The van der Waals surface area contributed by atoms with Crippen LogP contribution in [-0.2, 0) is 6.54 Å². The summed E-state index contributed by atoms with van der Waals surface area (Å²) in [5, 5.41) is 14.8. The van der Waals surface area contributed by atoms with Crippen LogP contribution in [0.1, 0.15) is 12.6 Å². The van der Waals surface area contributed by atoms with Gasteiger partial charge in [-0.25, -0.2) is 4.68 Å². The lowest BCUT2D eigenvalue weighted by Crippen LogP contribution is -2.15. The molecule has 0 atom stereocenters. The van der Waals surface area contributed by atoms with Crippen molar-refractivity contribution in [3.8, 4) is 5.69 Å². The molecule has 0 aliphatic heterocycles. The number of thiophene rings is 1. The summed E-state index contributed by atoms with van der Waals surface area (Å²) in [4.78, 5) is 0. The van der Waals surface area contributed by atoms with E-state index in [1.807, 2.05) is 4.68 Å². The zero-order chi connectivity index (χ0) is 12.4. The molecule has 1 N–H and O–H groups in total. The summed E-state index contributed by atoms with van der Waals surface area (Å²) in [6.07, 6.45) is 1.81. The van der Waals surface area contributed by atoms with E-state index in [2.05, 4.69) is 52.2 Å². The van der Waals surface area contributed by atoms with Crippen molar-refractivity contribution in [2.24, 2.45) is 0 Å². The lowest BCUT2D eigenvalue weighted by Gasteiger charge is -2.06. The van der Waals surface area contributed by atoms with E-state index in [0.29, 0.717) is 0 Å². The van der Waals surface area contributed by atoms with Crippen LogP contribution in [0.2, 0.25) is 0 Å². The molecule has 0 fully saturated rings. The van der Waals surface area contributed by atoms with Gasteiger partial charge in [-0.2, -0.15) is 0 Å². The second-order valence-corrected chi connectivity index (χ2v) is 5.01. The molecule has 0 aliphatic carbocycles. The predicted octanol–water partition coefficient (Wildman–Crippen LogP) is 2.59. The van der Waals surface area contributed by atoms with Crippen molar-refractivity contribution in [1.82, 2.24) is 20.3 Å². The van der Waals surface area contributed by atoms with Crippen LogP contribution in [0.25, 0.3) is 15.8 Å². The average Bonchev–Trinajstić information content (AvgIpc) is 3.03. The zero-order valence-electron chi connectivity index (χ0n) is 10.1. The van der Waals surface area contributed by atoms with E-state index in [-0.39, 0.29) is 0 Å². The highest BCUT2D eigenvalue weighted by atomic mass is 32.1. The predicted molar refractivity (Wildman–Crippen MR) is 74.1 cm³/mol. The monoisotopic (exact) mass is 258 g/mol. The van der Waals surface area contributed by atoms with Crippen LogP contribution in [0.5, 0.6) is 0 Å². The van der Waals surface area contributed by atoms with Crippen molar-refractivity contribution < 1.29 is 0 Å². The third-order valence-electron chi connectivity index (χ3n) is 2.86. The van der Waals surface area contributed by atoms with Crippen molar-refractivity contribution >= 4 is 21.4 Å². The standard InChI is InChI=1S/C13H14N4S/c1-2-14-8-12-9-15-16-17(12)11-3-4-13-10(7-11)5-6-18-13/h3-7,9,14H,2,8H2,1H3. The number of benzene rings is 1. The fourth-order valence-corrected chi connectivity index (χ4v) is 2.70. The first kappa shape index (κ1) is 11.4. The van der Waals surface area contributed by atoms with Crippen LogP contribution in [0.4, 0.5) is 0 Å². The van der Waals surface area contributed by atoms with E-state index in [1.54, 1.807) is 17.5 Å². The topological polar surface area (TPSA) is 42.7 Å². The Bertz CT molecular complexity index is 656. The number of nitrogens with one attached hydrogen (secondary N) is 1. The summed E-state index contributed by atoms with van der Waals surface area (Å²) in [5.74, 6) is 0. The Morgan fingerprint density at radius 3 is 3.17 bits per heavy atom. The molecule has 3 rings (SSSR count). The Kier molecular flexibility index (Phi) is 3.08. The Hall–Kier alpha value is -1.72. The number of aromatic nitrogens is 3. The molecule has 92 valence electrons. The minimum atomic E-state index is 0.783. The first-order valence-corrected chi connectivity index (χ1v) is 6.84. The van der Waals surface area contributed by atoms with Gasteiger partial charge in [0.15, 0.2) is 0 Å². The molecule has 0 saturated heterocycles. The van der Waals surface area contributed by atoms with Gasteiger partial charge < -0.3 is 5.32 Å². The van der Waals surface area contributed by atoms with E-state index >= 15 is 0 Å². The van der Waals surface area contributed by atoms with Gasteiger partial charge in [0, 0.05) is 11.2 Å². The van der Waals surface area contributed by atoms with E-state index < -0.39 is 0 Å². The Morgan fingerprint density at radius 1 is 1.33 bits per heavy atom. The molecule has 1 aromatic carbocycles. The molecule has 0 unspecified atom stereocenters. The lowest BCUT2D eigenvalue weighted by molar-refractivity contribution is 0.673. The van der Waals surface area contributed by atoms with Crippen molar-refractivity contribution in [3.05, 3.63) is 41.5 Å². The van der Waals surface area contributed by atoms with E-state index in [9.17, 15) is 0 Å². The SMILES string of the molecule is CCNCc1cnnn1-c1ccc2sccc2c1. The average molecular weight is 258 g/mol. The largest absolute Gasteiger partial charge is 0.311 e. The first-order chi connectivity index (χ1) is 8.88. The number of hydrogen-bond donors (Lipinski definition) is 1. The van der Waals surface area contributed by atoms with Crippen LogP contribution in [0.15, 0.2) is 35.8 Å². The summed E-state index contributed by atoms with van der Waals surface area (Å²) >= 11 is 1.75. The summed E-state index contributed by atoms with van der Waals surface area (Å²) < 4.78 is 3.19. The number of rotatable bonds is 4. The maximum absolute atomic E-state index is 4.16. The van der Waals surface area contributed by atoms with Gasteiger partial charge in [0.2, 0.25) is 0 Å².